The minimum atomic E-state index is -4.72. The summed E-state index contributed by atoms with van der Waals surface area (Å²) in [7, 11) is 0. The number of halogens is 3. The Morgan fingerprint density at radius 3 is 2.58 bits per heavy atom. The number of aliphatic hydroxyl groups is 1. The van der Waals surface area contributed by atoms with Gasteiger partial charge in [0.25, 0.3) is 5.56 Å². The van der Waals surface area contributed by atoms with Crippen molar-refractivity contribution < 1.29 is 18.3 Å². The molecule has 1 aromatic heterocycles. The van der Waals surface area contributed by atoms with Crippen molar-refractivity contribution >= 4 is 22.9 Å². The Kier molecular flexibility index (Phi) is 5.29. The van der Waals surface area contributed by atoms with E-state index in [1.165, 1.54) is 0 Å². The Hall–Kier alpha value is -1.94. The van der Waals surface area contributed by atoms with Gasteiger partial charge in [-0.05, 0) is 36.1 Å². The first-order chi connectivity index (χ1) is 11.2. The average Bonchev–Trinajstić information content (AvgIpc) is 2.49. The Balaban J connectivity index is 2.83. The summed E-state index contributed by atoms with van der Waals surface area (Å²) in [5.41, 5.74) is -3.35. The number of alkyl halides is 3. The fraction of sp³-hybridized carbons (Fsp3) is 0.429. The number of hydrogen-bond acceptors (Lipinski definition) is 5. The van der Waals surface area contributed by atoms with Gasteiger partial charge < -0.3 is 10.1 Å². The highest BCUT2D eigenvalue weighted by Crippen LogP contribution is 2.37. The number of hydrogen-bond donors (Lipinski definition) is 3. The molecule has 1 aromatic carbocycles. The van der Waals surface area contributed by atoms with Crippen LogP contribution in [0.5, 0.6) is 0 Å². The summed E-state index contributed by atoms with van der Waals surface area (Å²) in [6.07, 6.45) is -3.90. The van der Waals surface area contributed by atoms with Gasteiger partial charge in [-0.15, -0.1) is 0 Å². The van der Waals surface area contributed by atoms with Crippen LogP contribution >= 0.6 is 11.9 Å². The SMILES string of the molecule is CCCC(O)c1cc2c(=O)n(NSC)c(=O)[nH]c2cc1C(F)(F)F. The molecule has 6 nitrogen and oxygen atoms in total. The van der Waals surface area contributed by atoms with Gasteiger partial charge in [-0.1, -0.05) is 13.3 Å². The predicted molar refractivity (Wildman–Crippen MR) is 86.6 cm³/mol. The summed E-state index contributed by atoms with van der Waals surface area (Å²) in [4.78, 5) is 28.9. The van der Waals surface area contributed by atoms with Gasteiger partial charge in [-0.2, -0.15) is 17.8 Å². The van der Waals surface area contributed by atoms with E-state index in [9.17, 15) is 27.9 Å². The number of aliphatic hydroxyl groups excluding tert-OH is 1. The lowest BCUT2D eigenvalue weighted by Gasteiger charge is -2.18. The highest BCUT2D eigenvalue weighted by Gasteiger charge is 2.35. The molecular formula is C14H16F3N3O3S. The minimum absolute atomic E-state index is 0.116. The molecule has 2 rings (SSSR count). The number of aromatic amines is 1. The molecule has 0 aliphatic carbocycles. The van der Waals surface area contributed by atoms with Gasteiger partial charge in [0.2, 0.25) is 0 Å². The van der Waals surface area contributed by atoms with Crippen molar-refractivity contribution in [2.24, 2.45) is 0 Å². The molecule has 132 valence electrons. The number of rotatable bonds is 5. The summed E-state index contributed by atoms with van der Waals surface area (Å²) < 4.78 is 40.5. The molecule has 0 saturated carbocycles. The van der Waals surface area contributed by atoms with E-state index in [0.717, 1.165) is 18.0 Å². The van der Waals surface area contributed by atoms with Gasteiger partial charge >= 0.3 is 11.9 Å². The zero-order chi connectivity index (χ0) is 18.1. The second-order valence-electron chi connectivity index (χ2n) is 5.15. The molecule has 1 unspecified atom stereocenters. The minimum Gasteiger partial charge on any atom is -0.388 e. The molecule has 0 amide bonds. The first-order valence-corrected chi connectivity index (χ1v) is 8.30. The van der Waals surface area contributed by atoms with E-state index in [1.54, 1.807) is 13.2 Å². The number of nitrogens with zero attached hydrogens (tertiary/aromatic N) is 1. The van der Waals surface area contributed by atoms with E-state index >= 15 is 0 Å². The molecular weight excluding hydrogens is 347 g/mol. The molecule has 0 spiro atoms. The van der Waals surface area contributed by atoms with Crippen LogP contribution in [0.15, 0.2) is 21.7 Å². The molecule has 0 radical (unpaired) electrons. The maximum atomic E-state index is 13.3. The summed E-state index contributed by atoms with van der Waals surface area (Å²) >= 11 is 0.981. The van der Waals surface area contributed by atoms with Crippen LogP contribution in [0.2, 0.25) is 0 Å². The van der Waals surface area contributed by atoms with E-state index in [1.807, 2.05) is 0 Å². The van der Waals surface area contributed by atoms with E-state index in [-0.39, 0.29) is 22.9 Å². The Morgan fingerprint density at radius 2 is 2.04 bits per heavy atom. The van der Waals surface area contributed by atoms with Crippen LogP contribution in [0.1, 0.15) is 37.0 Å². The number of benzene rings is 1. The smallest absolute Gasteiger partial charge is 0.388 e. The van der Waals surface area contributed by atoms with Crippen molar-refractivity contribution in [2.45, 2.75) is 32.0 Å². The molecule has 0 aliphatic heterocycles. The molecule has 3 N–H and O–H groups in total. The van der Waals surface area contributed by atoms with Crippen molar-refractivity contribution in [2.75, 3.05) is 11.1 Å². The number of H-pyrrole nitrogens is 1. The van der Waals surface area contributed by atoms with Gasteiger partial charge in [0, 0.05) is 6.26 Å². The van der Waals surface area contributed by atoms with Gasteiger partial charge in [0.15, 0.2) is 0 Å². The first kappa shape index (κ1) is 18.4. The maximum Gasteiger partial charge on any atom is 0.416 e. The van der Waals surface area contributed by atoms with Crippen LogP contribution in [-0.4, -0.2) is 21.0 Å². The monoisotopic (exact) mass is 363 g/mol. The largest absolute Gasteiger partial charge is 0.416 e. The molecule has 1 atom stereocenters. The lowest BCUT2D eigenvalue weighted by molar-refractivity contribution is -0.139. The third-order valence-electron chi connectivity index (χ3n) is 3.48. The molecule has 2 aromatic rings. The van der Waals surface area contributed by atoms with Crippen molar-refractivity contribution in [1.29, 1.82) is 0 Å². The van der Waals surface area contributed by atoms with Gasteiger partial charge in [0.05, 0.1) is 22.6 Å². The number of nitrogens with one attached hydrogen (secondary N) is 2. The quantitative estimate of drug-likeness (QED) is 0.710. The summed E-state index contributed by atoms with van der Waals surface area (Å²) in [5, 5.41) is 9.93. The highest BCUT2D eigenvalue weighted by molar-refractivity contribution is 7.99. The lowest BCUT2D eigenvalue weighted by Crippen LogP contribution is -2.39. The van der Waals surface area contributed by atoms with Crippen LogP contribution in [0.4, 0.5) is 13.2 Å². The van der Waals surface area contributed by atoms with Gasteiger partial charge in [-0.3, -0.25) is 9.63 Å². The topological polar surface area (TPSA) is 87.1 Å². The molecule has 0 saturated heterocycles. The van der Waals surface area contributed by atoms with Gasteiger partial charge in [-0.25, -0.2) is 4.79 Å². The molecule has 1 heterocycles. The molecule has 0 aliphatic rings. The third-order valence-corrected chi connectivity index (χ3v) is 3.84. The average molecular weight is 363 g/mol. The second kappa shape index (κ2) is 6.89. The first-order valence-electron chi connectivity index (χ1n) is 7.08. The molecule has 24 heavy (non-hydrogen) atoms. The van der Waals surface area contributed by atoms with Crippen molar-refractivity contribution in [3.63, 3.8) is 0 Å². The van der Waals surface area contributed by atoms with Crippen LogP contribution in [-0.2, 0) is 6.18 Å². The predicted octanol–water partition coefficient (Wildman–Crippen LogP) is 2.36. The molecule has 0 bridgehead atoms. The highest BCUT2D eigenvalue weighted by atomic mass is 32.2. The summed E-state index contributed by atoms with van der Waals surface area (Å²) in [5.74, 6) is 0. The summed E-state index contributed by atoms with van der Waals surface area (Å²) in [6.45, 7) is 1.73. The fourth-order valence-electron chi connectivity index (χ4n) is 2.40. The Bertz CT molecular complexity index is 860. The van der Waals surface area contributed by atoms with E-state index in [4.69, 9.17) is 0 Å². The van der Waals surface area contributed by atoms with Crippen molar-refractivity contribution in [3.05, 3.63) is 44.1 Å². The number of fused-ring (bicyclic) bond motifs is 1. The van der Waals surface area contributed by atoms with Crippen LogP contribution < -0.4 is 16.1 Å². The van der Waals surface area contributed by atoms with Crippen LogP contribution in [0.3, 0.4) is 0 Å². The zero-order valence-electron chi connectivity index (χ0n) is 12.9. The molecule has 0 fully saturated rings. The van der Waals surface area contributed by atoms with E-state index in [2.05, 4.69) is 9.82 Å². The fourth-order valence-corrected chi connectivity index (χ4v) is 2.75. The molecule has 10 heteroatoms. The second-order valence-corrected chi connectivity index (χ2v) is 5.74. The van der Waals surface area contributed by atoms with E-state index in [0.29, 0.717) is 17.2 Å². The number of aromatic nitrogens is 2. The van der Waals surface area contributed by atoms with Crippen molar-refractivity contribution in [1.82, 2.24) is 9.66 Å². The van der Waals surface area contributed by atoms with Crippen LogP contribution in [0.25, 0.3) is 10.9 Å². The third kappa shape index (κ3) is 3.44. The Labute approximate surface area is 138 Å². The van der Waals surface area contributed by atoms with Crippen LogP contribution in [0, 0.1) is 0 Å². The van der Waals surface area contributed by atoms with Crippen molar-refractivity contribution in [3.8, 4) is 0 Å². The lowest BCUT2D eigenvalue weighted by atomic mass is 9.97. The Morgan fingerprint density at radius 1 is 1.38 bits per heavy atom. The van der Waals surface area contributed by atoms with E-state index < -0.39 is 29.1 Å². The summed E-state index contributed by atoms with van der Waals surface area (Å²) in [6, 6.07) is 1.69. The zero-order valence-corrected chi connectivity index (χ0v) is 13.7. The van der Waals surface area contributed by atoms with Gasteiger partial charge in [0.1, 0.15) is 0 Å². The normalized spacial score (nSPS) is 13.2. The maximum absolute atomic E-state index is 13.3. The standard InChI is InChI=1S/C14H16F3N3O3S/c1-3-4-11(21)7-5-8-10(6-9(7)14(15,16)17)18-13(23)20(12(8)22)19-24-2/h5-6,11,19,21H,3-4H2,1-2H3,(H,18,23).